The smallest absolute Gasteiger partial charge is 0.187 e. The van der Waals surface area contributed by atoms with E-state index in [0.717, 1.165) is 0 Å². The second-order valence-corrected chi connectivity index (χ2v) is 5.06. The summed E-state index contributed by atoms with van der Waals surface area (Å²) in [7, 11) is 1.55. The molecule has 3 aliphatic rings. The Bertz CT molecular complexity index is 339. The molecule has 0 amide bonds. The molecule has 0 radical (unpaired) electrons. The molecule has 1 spiro atoms. The number of hydrogen-bond acceptors (Lipinski definition) is 5. The Morgan fingerprint density at radius 3 is 2.56 bits per heavy atom. The zero-order chi connectivity index (χ0) is 11.6. The monoisotopic (exact) mass is 228 g/mol. The van der Waals surface area contributed by atoms with E-state index in [0.29, 0.717) is 12.8 Å². The van der Waals surface area contributed by atoms with E-state index in [-0.39, 0.29) is 18.0 Å². The highest BCUT2D eigenvalue weighted by Crippen LogP contribution is 2.51. The first-order valence-corrected chi connectivity index (χ1v) is 5.58. The number of hydrogen-bond donors (Lipinski definition) is 0. The van der Waals surface area contributed by atoms with Crippen LogP contribution in [0.4, 0.5) is 0 Å². The van der Waals surface area contributed by atoms with Crippen molar-refractivity contribution in [2.45, 2.75) is 56.6 Å². The zero-order valence-electron chi connectivity index (χ0n) is 9.69. The molecule has 2 heterocycles. The van der Waals surface area contributed by atoms with Crippen molar-refractivity contribution in [2.75, 3.05) is 7.11 Å². The number of carbonyl (C=O) groups is 1. The minimum atomic E-state index is -0.806. The first-order chi connectivity index (χ1) is 7.48. The van der Waals surface area contributed by atoms with Crippen molar-refractivity contribution in [2.24, 2.45) is 0 Å². The van der Waals surface area contributed by atoms with Crippen molar-refractivity contribution in [3.05, 3.63) is 0 Å². The van der Waals surface area contributed by atoms with E-state index in [1.165, 1.54) is 0 Å². The molecule has 3 fully saturated rings. The van der Waals surface area contributed by atoms with Crippen molar-refractivity contribution in [1.82, 2.24) is 0 Å². The van der Waals surface area contributed by atoms with Gasteiger partial charge in [-0.3, -0.25) is 4.79 Å². The quantitative estimate of drug-likeness (QED) is 0.658. The van der Waals surface area contributed by atoms with Crippen LogP contribution in [-0.2, 0) is 23.7 Å². The lowest BCUT2D eigenvalue weighted by molar-refractivity contribution is -0.254. The maximum Gasteiger partial charge on any atom is 0.187 e. The number of fused-ring (bicyclic) bond motifs is 2. The lowest BCUT2D eigenvalue weighted by Gasteiger charge is -2.39. The Morgan fingerprint density at radius 2 is 2.06 bits per heavy atom. The molecule has 16 heavy (non-hydrogen) atoms. The molecule has 5 heteroatoms. The lowest BCUT2D eigenvalue weighted by Crippen LogP contribution is -2.56. The molecular formula is C11H16O5. The summed E-state index contributed by atoms with van der Waals surface area (Å²) in [5.74, 6) is -0.568. The summed E-state index contributed by atoms with van der Waals surface area (Å²) in [4.78, 5) is 11.8. The van der Waals surface area contributed by atoms with Crippen molar-refractivity contribution in [3.8, 4) is 0 Å². The Kier molecular flexibility index (Phi) is 2.02. The Labute approximate surface area is 94.0 Å². The van der Waals surface area contributed by atoms with E-state index < -0.39 is 17.7 Å². The fourth-order valence-electron chi connectivity index (χ4n) is 2.77. The van der Waals surface area contributed by atoms with Gasteiger partial charge in [0.2, 0.25) is 0 Å². The third kappa shape index (κ3) is 1.17. The summed E-state index contributed by atoms with van der Waals surface area (Å²) in [5.41, 5.74) is -0.806. The van der Waals surface area contributed by atoms with Crippen LogP contribution in [0.25, 0.3) is 0 Å². The SMILES string of the molecule is CO[C@@H]1O[C@]2(CCC2=O)C2OC(C)(C)O[C@@H]21. The fourth-order valence-corrected chi connectivity index (χ4v) is 2.77. The second kappa shape index (κ2) is 3.04. The molecule has 0 aromatic heterocycles. The predicted molar refractivity (Wildman–Crippen MR) is 52.7 cm³/mol. The third-order valence-electron chi connectivity index (χ3n) is 3.61. The van der Waals surface area contributed by atoms with Gasteiger partial charge in [-0.25, -0.2) is 0 Å². The number of rotatable bonds is 1. The molecule has 0 N–H and O–H groups in total. The number of methoxy groups -OCH3 is 1. The summed E-state index contributed by atoms with van der Waals surface area (Å²) in [6.07, 6.45) is 0.129. The zero-order valence-corrected chi connectivity index (χ0v) is 9.69. The van der Waals surface area contributed by atoms with Gasteiger partial charge in [0.05, 0.1) is 0 Å². The van der Waals surface area contributed by atoms with Crippen LogP contribution in [-0.4, -0.2) is 42.8 Å². The first kappa shape index (κ1) is 10.7. The van der Waals surface area contributed by atoms with Gasteiger partial charge in [0.15, 0.2) is 23.5 Å². The van der Waals surface area contributed by atoms with E-state index in [9.17, 15) is 4.79 Å². The highest BCUT2D eigenvalue weighted by atomic mass is 16.8. The molecule has 90 valence electrons. The topological polar surface area (TPSA) is 54.0 Å². The van der Waals surface area contributed by atoms with E-state index in [1.807, 2.05) is 13.8 Å². The van der Waals surface area contributed by atoms with Crippen LogP contribution >= 0.6 is 0 Å². The summed E-state index contributed by atoms with van der Waals surface area (Å²) >= 11 is 0. The number of Topliss-reactive ketones (excluding diaryl/α,β-unsaturated/α-hetero) is 1. The van der Waals surface area contributed by atoms with Crippen molar-refractivity contribution >= 4 is 5.78 Å². The number of ether oxygens (including phenoxy) is 4. The van der Waals surface area contributed by atoms with Crippen LogP contribution in [0, 0.1) is 0 Å². The summed E-state index contributed by atoms with van der Waals surface area (Å²) < 4.78 is 22.4. The maximum absolute atomic E-state index is 11.8. The summed E-state index contributed by atoms with van der Waals surface area (Å²) in [5, 5.41) is 0. The van der Waals surface area contributed by atoms with Crippen molar-refractivity contribution in [1.29, 1.82) is 0 Å². The molecule has 0 aromatic rings. The predicted octanol–water partition coefficient (Wildman–Crippen LogP) is 0.611. The van der Waals surface area contributed by atoms with Crippen molar-refractivity contribution in [3.63, 3.8) is 0 Å². The largest absolute Gasteiger partial charge is 0.353 e. The third-order valence-corrected chi connectivity index (χ3v) is 3.61. The lowest BCUT2D eigenvalue weighted by atomic mass is 9.74. The van der Waals surface area contributed by atoms with Gasteiger partial charge in [0.1, 0.15) is 12.2 Å². The highest BCUT2D eigenvalue weighted by Gasteiger charge is 2.69. The fraction of sp³-hybridized carbons (Fsp3) is 0.909. The summed E-state index contributed by atoms with van der Waals surface area (Å²) in [6, 6.07) is 0. The van der Waals surface area contributed by atoms with Crippen LogP contribution < -0.4 is 0 Å². The molecule has 1 saturated carbocycles. The normalized spacial score (nSPS) is 49.4. The first-order valence-electron chi connectivity index (χ1n) is 5.58. The second-order valence-electron chi connectivity index (χ2n) is 5.06. The van der Waals surface area contributed by atoms with Crippen LogP contribution in [0.2, 0.25) is 0 Å². The Hall–Kier alpha value is -0.490. The van der Waals surface area contributed by atoms with Gasteiger partial charge in [-0.15, -0.1) is 0 Å². The van der Waals surface area contributed by atoms with Gasteiger partial charge in [-0.05, 0) is 20.3 Å². The van der Waals surface area contributed by atoms with E-state index in [2.05, 4.69) is 0 Å². The molecule has 4 atom stereocenters. The molecule has 1 aliphatic carbocycles. The Morgan fingerprint density at radius 1 is 1.31 bits per heavy atom. The molecule has 2 aliphatic heterocycles. The van der Waals surface area contributed by atoms with E-state index in [4.69, 9.17) is 18.9 Å². The summed E-state index contributed by atoms with van der Waals surface area (Å²) in [6.45, 7) is 3.68. The van der Waals surface area contributed by atoms with Gasteiger partial charge in [0, 0.05) is 13.5 Å². The molecule has 3 rings (SSSR count). The van der Waals surface area contributed by atoms with Crippen LogP contribution in [0.5, 0.6) is 0 Å². The molecule has 0 aromatic carbocycles. The molecular weight excluding hydrogens is 212 g/mol. The van der Waals surface area contributed by atoms with Crippen LogP contribution in [0.15, 0.2) is 0 Å². The number of carbonyl (C=O) groups excluding carboxylic acids is 1. The van der Waals surface area contributed by atoms with Gasteiger partial charge in [-0.1, -0.05) is 0 Å². The van der Waals surface area contributed by atoms with Gasteiger partial charge < -0.3 is 18.9 Å². The Balaban J connectivity index is 1.92. The molecule has 0 bridgehead atoms. The van der Waals surface area contributed by atoms with Gasteiger partial charge in [0.25, 0.3) is 0 Å². The minimum absolute atomic E-state index is 0.100. The average molecular weight is 228 g/mol. The molecule has 1 unspecified atom stereocenters. The van der Waals surface area contributed by atoms with Crippen LogP contribution in [0.3, 0.4) is 0 Å². The van der Waals surface area contributed by atoms with E-state index >= 15 is 0 Å². The van der Waals surface area contributed by atoms with E-state index in [1.54, 1.807) is 7.11 Å². The minimum Gasteiger partial charge on any atom is -0.353 e. The van der Waals surface area contributed by atoms with Crippen molar-refractivity contribution < 1.29 is 23.7 Å². The average Bonchev–Trinajstić information content (AvgIpc) is 2.68. The molecule has 5 nitrogen and oxygen atoms in total. The van der Waals surface area contributed by atoms with Crippen LogP contribution in [0.1, 0.15) is 26.7 Å². The maximum atomic E-state index is 11.8. The standard InChI is InChI=1S/C11H16O5/c1-10(2)14-7-8(15-10)11(5-4-6(11)12)16-9(7)13-3/h7-9H,4-5H2,1-3H3/t7-,8?,9+,11-/m0/s1. The highest BCUT2D eigenvalue weighted by molar-refractivity contribution is 5.94. The molecule has 2 saturated heterocycles. The number of ketones is 1. The van der Waals surface area contributed by atoms with Gasteiger partial charge >= 0.3 is 0 Å². The van der Waals surface area contributed by atoms with Gasteiger partial charge in [-0.2, -0.15) is 0 Å².